The van der Waals surface area contributed by atoms with Crippen LogP contribution < -0.4 is 19.6 Å². The fourth-order valence-corrected chi connectivity index (χ4v) is 5.38. The quantitative estimate of drug-likeness (QED) is 0.346. The molecule has 0 fully saturated rings. The summed E-state index contributed by atoms with van der Waals surface area (Å²) < 4.78 is 13.4. The third-order valence-corrected chi connectivity index (χ3v) is 7.02. The number of thiazole rings is 1. The Morgan fingerprint density at radius 1 is 1.03 bits per heavy atom. The lowest BCUT2D eigenvalue weighted by molar-refractivity contribution is -0.139. The van der Waals surface area contributed by atoms with Gasteiger partial charge in [0.1, 0.15) is 12.4 Å². The van der Waals surface area contributed by atoms with Crippen molar-refractivity contribution in [2.24, 2.45) is 4.99 Å². The van der Waals surface area contributed by atoms with E-state index in [2.05, 4.69) is 4.99 Å². The zero-order valence-corrected chi connectivity index (χ0v) is 21.4. The molecule has 0 aliphatic carbocycles. The van der Waals surface area contributed by atoms with Gasteiger partial charge in [0.25, 0.3) is 5.56 Å². The zero-order valence-electron chi connectivity index (χ0n) is 20.6. The van der Waals surface area contributed by atoms with E-state index in [0.29, 0.717) is 33.0 Å². The molecule has 1 aromatic heterocycles. The largest absolute Gasteiger partial charge is 0.489 e. The Balaban J connectivity index is 1.55. The summed E-state index contributed by atoms with van der Waals surface area (Å²) in [5, 5.41) is 0. The van der Waals surface area contributed by atoms with E-state index in [9.17, 15) is 9.59 Å². The standard InChI is InChI=1S/C30H26N2O4S/c1-3-35-29(34)26-20(2)31-30-32(27(26)23-14-8-5-9-15-23)28(33)25(37-30)18-22-13-10-16-24(17-22)36-19-21-11-6-4-7-12-21/h4-18,27H,3,19H2,1-2H3/b25-18-/t27-/m1/s1. The number of esters is 1. The average Bonchev–Trinajstić information content (AvgIpc) is 3.22. The molecule has 4 aromatic rings. The third kappa shape index (κ3) is 5.17. The molecule has 0 amide bonds. The van der Waals surface area contributed by atoms with Gasteiger partial charge in [-0.15, -0.1) is 0 Å². The van der Waals surface area contributed by atoms with Gasteiger partial charge in [-0.05, 0) is 48.7 Å². The van der Waals surface area contributed by atoms with Crippen LogP contribution >= 0.6 is 11.3 Å². The van der Waals surface area contributed by atoms with Gasteiger partial charge in [0.2, 0.25) is 0 Å². The molecule has 2 heterocycles. The number of hydrogen-bond acceptors (Lipinski definition) is 6. The van der Waals surface area contributed by atoms with Crippen molar-refractivity contribution in [1.82, 2.24) is 4.57 Å². The van der Waals surface area contributed by atoms with E-state index >= 15 is 0 Å². The molecule has 0 N–H and O–H groups in total. The second-order valence-corrected chi connectivity index (χ2v) is 9.57. The first-order chi connectivity index (χ1) is 18.0. The number of hydrogen-bond donors (Lipinski definition) is 0. The zero-order chi connectivity index (χ0) is 25.8. The fourth-order valence-electron chi connectivity index (χ4n) is 4.33. The Hall–Kier alpha value is -4.23. The van der Waals surface area contributed by atoms with Crippen molar-refractivity contribution < 1.29 is 14.3 Å². The Labute approximate surface area is 218 Å². The summed E-state index contributed by atoms with van der Waals surface area (Å²) in [4.78, 5) is 31.8. The summed E-state index contributed by atoms with van der Waals surface area (Å²) in [5.74, 6) is 0.253. The van der Waals surface area contributed by atoms with Crippen LogP contribution in [0.4, 0.5) is 0 Å². The van der Waals surface area contributed by atoms with Gasteiger partial charge >= 0.3 is 5.97 Å². The predicted molar refractivity (Wildman–Crippen MR) is 144 cm³/mol. The fraction of sp³-hybridized carbons (Fsp3) is 0.167. The average molecular weight is 511 g/mol. The molecule has 186 valence electrons. The molecular formula is C30H26N2O4S. The van der Waals surface area contributed by atoms with Crippen molar-refractivity contribution in [2.45, 2.75) is 26.5 Å². The van der Waals surface area contributed by atoms with Crippen LogP contribution in [0.15, 0.2) is 106 Å². The lowest BCUT2D eigenvalue weighted by Gasteiger charge is -2.24. The highest BCUT2D eigenvalue weighted by Crippen LogP contribution is 2.30. The number of nitrogens with zero attached hydrogens (tertiary/aromatic N) is 2. The number of ether oxygens (including phenoxy) is 2. The normalized spacial score (nSPS) is 15.2. The van der Waals surface area contributed by atoms with Crippen molar-refractivity contribution in [3.8, 4) is 5.75 Å². The molecule has 0 saturated heterocycles. The number of carbonyl (C=O) groups is 1. The summed E-state index contributed by atoms with van der Waals surface area (Å²) in [6.07, 6.45) is 1.84. The minimum absolute atomic E-state index is 0.206. The van der Waals surface area contributed by atoms with Crippen molar-refractivity contribution in [3.63, 3.8) is 0 Å². The minimum atomic E-state index is -0.612. The van der Waals surface area contributed by atoms with Crippen LogP contribution in [0, 0.1) is 0 Å². The molecule has 0 unspecified atom stereocenters. The van der Waals surface area contributed by atoms with E-state index < -0.39 is 12.0 Å². The van der Waals surface area contributed by atoms with Crippen LogP contribution in [0.25, 0.3) is 6.08 Å². The Morgan fingerprint density at radius 2 is 1.76 bits per heavy atom. The second kappa shape index (κ2) is 10.8. The maximum Gasteiger partial charge on any atom is 0.338 e. The van der Waals surface area contributed by atoms with Crippen molar-refractivity contribution in [2.75, 3.05) is 6.61 Å². The van der Waals surface area contributed by atoms with Crippen LogP contribution in [0.3, 0.4) is 0 Å². The summed E-state index contributed by atoms with van der Waals surface area (Å²) in [5.41, 5.74) is 3.47. The van der Waals surface area contributed by atoms with Gasteiger partial charge in [0.15, 0.2) is 4.80 Å². The van der Waals surface area contributed by atoms with Crippen LogP contribution in [-0.2, 0) is 16.1 Å². The molecule has 37 heavy (non-hydrogen) atoms. The molecule has 1 aliphatic rings. The third-order valence-electron chi connectivity index (χ3n) is 6.04. The summed E-state index contributed by atoms with van der Waals surface area (Å²) in [7, 11) is 0. The Morgan fingerprint density at radius 3 is 2.49 bits per heavy atom. The maximum atomic E-state index is 13.7. The van der Waals surface area contributed by atoms with Gasteiger partial charge in [-0.1, -0.05) is 84.1 Å². The molecule has 1 aliphatic heterocycles. The monoisotopic (exact) mass is 510 g/mol. The van der Waals surface area contributed by atoms with Crippen molar-refractivity contribution >= 4 is 23.4 Å². The molecule has 0 spiro atoms. The summed E-state index contributed by atoms with van der Waals surface area (Å²) in [6, 6.07) is 26.5. The topological polar surface area (TPSA) is 69.9 Å². The molecule has 6 nitrogen and oxygen atoms in total. The molecule has 0 saturated carbocycles. The van der Waals surface area contributed by atoms with E-state index in [1.54, 1.807) is 18.4 Å². The number of benzene rings is 3. The Kier molecular flexibility index (Phi) is 7.14. The molecule has 0 bridgehead atoms. The van der Waals surface area contributed by atoms with Gasteiger partial charge in [0.05, 0.1) is 28.5 Å². The van der Waals surface area contributed by atoms with Crippen molar-refractivity contribution in [3.05, 3.63) is 133 Å². The first-order valence-electron chi connectivity index (χ1n) is 12.1. The highest BCUT2D eigenvalue weighted by atomic mass is 32.1. The number of allylic oxidation sites excluding steroid dienone is 1. The van der Waals surface area contributed by atoms with Gasteiger partial charge in [-0.2, -0.15) is 0 Å². The van der Waals surface area contributed by atoms with Gasteiger partial charge in [-0.25, -0.2) is 9.79 Å². The van der Waals surface area contributed by atoms with E-state index in [1.807, 2.05) is 91.0 Å². The van der Waals surface area contributed by atoms with Crippen LogP contribution in [0.5, 0.6) is 5.75 Å². The maximum absolute atomic E-state index is 13.7. The lowest BCUT2D eigenvalue weighted by Crippen LogP contribution is -2.39. The first kappa shape index (κ1) is 24.5. The number of carbonyl (C=O) groups excluding carboxylic acids is 1. The smallest absolute Gasteiger partial charge is 0.338 e. The van der Waals surface area contributed by atoms with Gasteiger partial charge < -0.3 is 9.47 Å². The summed E-state index contributed by atoms with van der Waals surface area (Å²) >= 11 is 1.30. The number of aromatic nitrogens is 1. The number of rotatable bonds is 7. The van der Waals surface area contributed by atoms with E-state index in [1.165, 1.54) is 11.3 Å². The van der Waals surface area contributed by atoms with E-state index in [4.69, 9.17) is 9.47 Å². The van der Waals surface area contributed by atoms with E-state index in [0.717, 1.165) is 16.7 Å². The molecule has 0 radical (unpaired) electrons. The molecular weight excluding hydrogens is 484 g/mol. The van der Waals surface area contributed by atoms with Crippen LogP contribution in [-0.4, -0.2) is 17.1 Å². The lowest BCUT2D eigenvalue weighted by atomic mass is 9.96. The van der Waals surface area contributed by atoms with Gasteiger partial charge in [-0.3, -0.25) is 9.36 Å². The highest BCUT2D eigenvalue weighted by Gasteiger charge is 2.33. The molecule has 5 rings (SSSR count). The highest BCUT2D eigenvalue weighted by molar-refractivity contribution is 7.07. The van der Waals surface area contributed by atoms with Crippen LogP contribution in [0.1, 0.15) is 36.6 Å². The minimum Gasteiger partial charge on any atom is -0.489 e. The molecule has 3 aromatic carbocycles. The van der Waals surface area contributed by atoms with Gasteiger partial charge in [0, 0.05) is 0 Å². The molecule has 1 atom stereocenters. The first-order valence-corrected chi connectivity index (χ1v) is 12.9. The van der Waals surface area contributed by atoms with Crippen LogP contribution in [0.2, 0.25) is 0 Å². The van der Waals surface area contributed by atoms with E-state index in [-0.39, 0.29) is 12.2 Å². The second-order valence-electron chi connectivity index (χ2n) is 8.56. The van der Waals surface area contributed by atoms with Crippen molar-refractivity contribution in [1.29, 1.82) is 0 Å². The Bertz CT molecular complexity index is 1640. The molecule has 7 heteroatoms. The number of fused-ring (bicyclic) bond motifs is 1. The predicted octanol–water partition coefficient (Wildman–Crippen LogP) is 4.38. The summed E-state index contributed by atoms with van der Waals surface area (Å²) in [6.45, 7) is 4.24. The SMILES string of the molecule is CCOC(=O)C1=C(C)N=c2s/c(=C\c3cccc(OCc4ccccc4)c3)c(=O)n2[C@@H]1c1ccccc1.